The van der Waals surface area contributed by atoms with E-state index in [9.17, 15) is 17.9 Å². The number of rotatable bonds is 8. The van der Waals surface area contributed by atoms with E-state index in [1.54, 1.807) is 24.7 Å². The van der Waals surface area contributed by atoms with Gasteiger partial charge in [0, 0.05) is 63.2 Å². The lowest BCUT2D eigenvalue weighted by atomic mass is 9.76. The van der Waals surface area contributed by atoms with Gasteiger partial charge in [-0.05, 0) is 50.9 Å². The van der Waals surface area contributed by atoms with Crippen LogP contribution in [0.5, 0.6) is 0 Å². The number of hydrogen-bond donors (Lipinski definition) is 1. The first kappa shape index (κ1) is 27.2. The Balaban J connectivity index is 1.26. The van der Waals surface area contributed by atoms with Gasteiger partial charge in [0.05, 0.1) is 18.6 Å². The molecule has 1 unspecified atom stereocenters. The van der Waals surface area contributed by atoms with Crippen molar-refractivity contribution >= 4 is 26.5 Å². The molecule has 1 N–H and O–H groups in total. The molecule has 1 atom stereocenters. The smallest absolute Gasteiger partial charge is 0.254 e. The second-order valence-electron chi connectivity index (χ2n) is 10.5. The number of benzene rings is 1. The summed E-state index contributed by atoms with van der Waals surface area (Å²) < 4.78 is 44.1. The van der Waals surface area contributed by atoms with Gasteiger partial charge in [0.15, 0.2) is 9.34 Å². The summed E-state index contributed by atoms with van der Waals surface area (Å²) in [5.74, 6) is -0.276. The van der Waals surface area contributed by atoms with Crippen LogP contribution in [0.15, 0.2) is 47.2 Å². The highest BCUT2D eigenvalue weighted by Crippen LogP contribution is 2.38. The summed E-state index contributed by atoms with van der Waals surface area (Å²) in [6.07, 6.45) is 6.72. The van der Waals surface area contributed by atoms with Crippen LogP contribution in [-0.4, -0.2) is 90.2 Å². The molecular formula is C26H35FN6O3S2. The van der Waals surface area contributed by atoms with Crippen LogP contribution >= 0.6 is 11.3 Å². The minimum absolute atomic E-state index is 0.0366. The number of aliphatic hydroxyl groups is 1. The minimum Gasteiger partial charge on any atom is -0.396 e. The number of imidazole rings is 1. The van der Waals surface area contributed by atoms with E-state index < -0.39 is 15.4 Å². The molecule has 1 aromatic carbocycles. The number of likely N-dealkylation sites (N-methyl/N-ethyl adjacent to an activating group) is 1. The van der Waals surface area contributed by atoms with Gasteiger partial charge in [-0.1, -0.05) is 23.5 Å². The van der Waals surface area contributed by atoms with Gasteiger partial charge >= 0.3 is 0 Å². The molecule has 38 heavy (non-hydrogen) atoms. The van der Waals surface area contributed by atoms with Gasteiger partial charge in [0.25, 0.3) is 10.0 Å². The van der Waals surface area contributed by atoms with Crippen LogP contribution in [0.25, 0.3) is 0 Å². The van der Waals surface area contributed by atoms with Gasteiger partial charge in [-0.3, -0.25) is 0 Å². The second kappa shape index (κ2) is 11.0. The topological polar surface area (TPSA) is 94.8 Å². The summed E-state index contributed by atoms with van der Waals surface area (Å²) in [5.41, 5.74) is 1.49. The van der Waals surface area contributed by atoms with E-state index in [0.717, 1.165) is 42.6 Å². The van der Waals surface area contributed by atoms with Gasteiger partial charge in [0.1, 0.15) is 5.82 Å². The van der Waals surface area contributed by atoms with Crippen molar-refractivity contribution < 1.29 is 17.9 Å². The van der Waals surface area contributed by atoms with Crippen molar-refractivity contribution in [1.82, 2.24) is 23.7 Å². The molecule has 5 rings (SSSR count). The second-order valence-corrected chi connectivity index (χ2v) is 13.7. The molecule has 0 saturated carbocycles. The average Bonchev–Trinajstić information content (AvgIpc) is 3.60. The molecule has 2 fully saturated rings. The number of thiazole rings is 1. The number of sulfonamides is 1. The lowest BCUT2D eigenvalue weighted by Gasteiger charge is -2.40. The standard InChI is InChI=1S/C26H35FN6O3S2/c1-20(21-3-5-22(27)6-4-21)33-19-28-16-23(33)15-26(18-34)7-9-32(10-8-26)38(35,36)24-17-29-25(37-24)31-13-11-30(2)12-14-31/h3-6,16-17,19-20,34H,7-15,18H2,1-2H3. The Morgan fingerprint density at radius 1 is 1.08 bits per heavy atom. The van der Waals surface area contributed by atoms with Crippen LogP contribution < -0.4 is 4.90 Å². The number of piperidine rings is 1. The molecule has 0 spiro atoms. The van der Waals surface area contributed by atoms with Gasteiger partial charge in [0.2, 0.25) is 0 Å². The van der Waals surface area contributed by atoms with E-state index in [2.05, 4.69) is 26.8 Å². The highest BCUT2D eigenvalue weighted by molar-refractivity contribution is 7.91. The number of halogens is 1. The number of anilines is 1. The Morgan fingerprint density at radius 3 is 2.42 bits per heavy atom. The Labute approximate surface area is 227 Å². The van der Waals surface area contributed by atoms with Crippen molar-refractivity contribution in [3.05, 3.63) is 60.1 Å². The maximum Gasteiger partial charge on any atom is 0.254 e. The first-order valence-corrected chi connectivity index (χ1v) is 15.2. The van der Waals surface area contributed by atoms with Crippen LogP contribution in [0.4, 0.5) is 9.52 Å². The summed E-state index contributed by atoms with van der Waals surface area (Å²) in [5, 5.41) is 11.2. The minimum atomic E-state index is -3.65. The van der Waals surface area contributed by atoms with Crippen molar-refractivity contribution in [3.63, 3.8) is 0 Å². The van der Waals surface area contributed by atoms with Gasteiger partial charge < -0.3 is 19.5 Å². The summed E-state index contributed by atoms with van der Waals surface area (Å²) in [6.45, 7) is 6.21. The highest BCUT2D eigenvalue weighted by atomic mass is 32.2. The van der Waals surface area contributed by atoms with Crippen molar-refractivity contribution in [3.8, 4) is 0 Å². The van der Waals surface area contributed by atoms with E-state index >= 15 is 0 Å². The predicted molar refractivity (Wildman–Crippen MR) is 145 cm³/mol. The lowest BCUT2D eigenvalue weighted by molar-refractivity contribution is 0.0667. The van der Waals surface area contributed by atoms with Gasteiger partial charge in [-0.2, -0.15) is 4.31 Å². The number of piperazine rings is 1. The SMILES string of the molecule is CC(c1ccc(F)cc1)n1cncc1CC1(CO)CCN(S(=O)(=O)c2cnc(N3CCN(C)CC3)s2)CC1. The molecule has 2 aromatic heterocycles. The fourth-order valence-corrected chi connectivity index (χ4v) is 8.10. The zero-order valence-electron chi connectivity index (χ0n) is 21.8. The van der Waals surface area contributed by atoms with Crippen LogP contribution in [0.1, 0.15) is 37.1 Å². The molecular weight excluding hydrogens is 527 g/mol. The summed E-state index contributed by atoms with van der Waals surface area (Å²) in [6, 6.07) is 6.38. The summed E-state index contributed by atoms with van der Waals surface area (Å²) in [4.78, 5) is 13.2. The normalized spacial score (nSPS) is 20.1. The zero-order chi connectivity index (χ0) is 26.9. The molecule has 12 heteroatoms. The molecule has 2 aliphatic rings. The van der Waals surface area contributed by atoms with Crippen molar-refractivity contribution in [2.45, 2.75) is 36.4 Å². The zero-order valence-corrected chi connectivity index (χ0v) is 23.5. The molecule has 206 valence electrons. The third-order valence-electron chi connectivity index (χ3n) is 8.03. The van der Waals surface area contributed by atoms with Crippen LogP contribution in [0, 0.1) is 11.2 Å². The maximum atomic E-state index is 13.4. The molecule has 9 nitrogen and oxygen atoms in total. The van der Waals surface area contributed by atoms with Gasteiger partial charge in [-0.15, -0.1) is 0 Å². The Hall–Kier alpha value is -2.38. The summed E-state index contributed by atoms with van der Waals surface area (Å²) >= 11 is 1.24. The van der Waals surface area contributed by atoms with Crippen molar-refractivity contribution in [1.29, 1.82) is 0 Å². The monoisotopic (exact) mass is 562 g/mol. The molecule has 2 saturated heterocycles. The predicted octanol–water partition coefficient (Wildman–Crippen LogP) is 2.85. The third-order valence-corrected chi connectivity index (χ3v) is 11.4. The molecule has 0 radical (unpaired) electrons. The van der Waals surface area contributed by atoms with E-state index in [0.29, 0.717) is 32.4 Å². The van der Waals surface area contributed by atoms with Crippen molar-refractivity contribution in [2.24, 2.45) is 5.41 Å². The van der Waals surface area contributed by atoms with E-state index in [4.69, 9.17) is 0 Å². The quantitative estimate of drug-likeness (QED) is 0.451. The van der Waals surface area contributed by atoms with Gasteiger partial charge in [-0.25, -0.2) is 22.8 Å². The Kier molecular flexibility index (Phi) is 7.88. The van der Waals surface area contributed by atoms with Crippen LogP contribution in [0.2, 0.25) is 0 Å². The fourth-order valence-electron chi connectivity index (χ4n) is 5.34. The number of aromatic nitrogens is 3. The van der Waals surface area contributed by atoms with Crippen LogP contribution in [0.3, 0.4) is 0 Å². The number of hydrogen-bond acceptors (Lipinski definition) is 8. The lowest BCUT2D eigenvalue weighted by Crippen LogP contribution is -2.45. The number of nitrogens with zero attached hydrogens (tertiary/aromatic N) is 6. The molecule has 2 aliphatic heterocycles. The fraction of sp³-hybridized carbons (Fsp3) is 0.538. The third kappa shape index (κ3) is 5.50. The maximum absolute atomic E-state index is 13.4. The number of aliphatic hydroxyl groups excluding tert-OH is 1. The molecule has 0 amide bonds. The Morgan fingerprint density at radius 2 is 1.76 bits per heavy atom. The Bertz CT molecular complexity index is 1330. The molecule has 3 aromatic rings. The van der Waals surface area contributed by atoms with E-state index in [1.165, 1.54) is 34.0 Å². The molecule has 0 bridgehead atoms. The first-order chi connectivity index (χ1) is 18.2. The van der Waals surface area contributed by atoms with Crippen molar-refractivity contribution in [2.75, 3.05) is 57.8 Å². The highest BCUT2D eigenvalue weighted by Gasteiger charge is 2.40. The van der Waals surface area contributed by atoms with E-state index in [-0.39, 0.29) is 22.7 Å². The molecule has 0 aliphatic carbocycles. The van der Waals surface area contributed by atoms with Crippen LogP contribution in [-0.2, 0) is 16.4 Å². The average molecular weight is 563 g/mol. The molecule has 4 heterocycles. The largest absolute Gasteiger partial charge is 0.396 e. The summed E-state index contributed by atoms with van der Waals surface area (Å²) in [7, 11) is -1.57. The van der Waals surface area contributed by atoms with E-state index in [1.807, 2.05) is 11.5 Å². The first-order valence-electron chi connectivity index (χ1n) is 13.0.